The molecule has 0 aliphatic rings. The zero-order valence-corrected chi connectivity index (χ0v) is 14.4. The zero-order chi connectivity index (χ0) is 18.1. The van der Waals surface area contributed by atoms with Gasteiger partial charge in [0.1, 0.15) is 12.4 Å². The van der Waals surface area contributed by atoms with Gasteiger partial charge in [-0.15, -0.1) is 10.2 Å². The summed E-state index contributed by atoms with van der Waals surface area (Å²) >= 11 is 0. The fraction of sp³-hybridized carbons (Fsp3) is 0.158. The molecule has 0 bridgehead atoms. The predicted molar refractivity (Wildman–Crippen MR) is 96.7 cm³/mol. The normalized spacial score (nSPS) is 11.0. The first kappa shape index (κ1) is 16.0. The van der Waals surface area contributed by atoms with E-state index < -0.39 is 0 Å². The summed E-state index contributed by atoms with van der Waals surface area (Å²) < 4.78 is 7.85. The highest BCUT2D eigenvalue weighted by atomic mass is 16.4. The number of nitrogens with one attached hydrogen (secondary N) is 1. The van der Waals surface area contributed by atoms with E-state index >= 15 is 0 Å². The fourth-order valence-corrected chi connectivity index (χ4v) is 2.90. The summed E-state index contributed by atoms with van der Waals surface area (Å²) in [4.78, 5) is 16.3. The van der Waals surface area contributed by atoms with E-state index in [0.717, 1.165) is 16.9 Å². The van der Waals surface area contributed by atoms with Gasteiger partial charge >= 0.3 is 0 Å². The maximum absolute atomic E-state index is 11.8. The fourth-order valence-electron chi connectivity index (χ4n) is 2.90. The van der Waals surface area contributed by atoms with Crippen molar-refractivity contribution in [3.63, 3.8) is 0 Å². The number of carbonyl (C=O) groups is 1. The second-order valence-electron chi connectivity index (χ2n) is 5.89. The molecule has 2 aromatic carbocycles. The van der Waals surface area contributed by atoms with E-state index in [2.05, 4.69) is 20.5 Å². The lowest BCUT2D eigenvalue weighted by Gasteiger charge is -2.03. The second-order valence-corrected chi connectivity index (χ2v) is 5.89. The Balaban J connectivity index is 1.64. The van der Waals surface area contributed by atoms with Crippen molar-refractivity contribution in [2.45, 2.75) is 13.5 Å². The Morgan fingerprint density at radius 1 is 1.15 bits per heavy atom. The minimum atomic E-state index is -0.160. The zero-order valence-electron chi connectivity index (χ0n) is 14.4. The molecule has 7 heteroatoms. The van der Waals surface area contributed by atoms with Crippen LogP contribution in [0.5, 0.6) is 0 Å². The molecule has 0 saturated carbocycles. The van der Waals surface area contributed by atoms with Gasteiger partial charge in [0.25, 0.3) is 5.91 Å². The maximum atomic E-state index is 11.8. The Labute approximate surface area is 149 Å². The molecule has 0 saturated heterocycles. The van der Waals surface area contributed by atoms with Gasteiger partial charge in [-0.25, -0.2) is 4.98 Å². The monoisotopic (exact) mass is 347 g/mol. The van der Waals surface area contributed by atoms with Crippen molar-refractivity contribution >= 4 is 16.9 Å². The minimum Gasteiger partial charge on any atom is -0.419 e. The largest absolute Gasteiger partial charge is 0.419 e. The molecule has 0 unspecified atom stereocenters. The van der Waals surface area contributed by atoms with Crippen LogP contribution in [0.25, 0.3) is 22.5 Å². The van der Waals surface area contributed by atoms with E-state index in [-0.39, 0.29) is 5.91 Å². The molecule has 1 amide bonds. The van der Waals surface area contributed by atoms with E-state index in [9.17, 15) is 4.79 Å². The average molecular weight is 347 g/mol. The Morgan fingerprint density at radius 2 is 2.00 bits per heavy atom. The number of aryl methyl sites for hydroxylation is 1. The van der Waals surface area contributed by atoms with Gasteiger partial charge in [0.2, 0.25) is 11.8 Å². The molecule has 130 valence electrons. The quantitative estimate of drug-likeness (QED) is 0.613. The van der Waals surface area contributed by atoms with Crippen LogP contribution in [0.2, 0.25) is 0 Å². The number of fused-ring (bicyclic) bond motifs is 1. The molecule has 7 nitrogen and oxygen atoms in total. The summed E-state index contributed by atoms with van der Waals surface area (Å²) in [5, 5.41) is 10.9. The van der Waals surface area contributed by atoms with Gasteiger partial charge in [0, 0.05) is 18.2 Å². The average Bonchev–Trinajstić information content (AvgIpc) is 3.26. The maximum Gasteiger partial charge on any atom is 0.251 e. The van der Waals surface area contributed by atoms with Crippen molar-refractivity contribution < 1.29 is 9.21 Å². The van der Waals surface area contributed by atoms with Gasteiger partial charge in [-0.1, -0.05) is 18.2 Å². The number of amides is 1. The van der Waals surface area contributed by atoms with E-state index in [1.54, 1.807) is 25.2 Å². The number of hydrogen-bond donors (Lipinski definition) is 1. The Morgan fingerprint density at radius 3 is 2.85 bits per heavy atom. The molecule has 0 radical (unpaired) electrons. The summed E-state index contributed by atoms with van der Waals surface area (Å²) in [6.07, 6.45) is 0. The number of rotatable bonds is 4. The number of imidazole rings is 1. The summed E-state index contributed by atoms with van der Waals surface area (Å²) in [5.74, 6) is 1.59. The summed E-state index contributed by atoms with van der Waals surface area (Å²) in [6, 6.07) is 15.0. The lowest BCUT2D eigenvalue weighted by molar-refractivity contribution is 0.0963. The molecular weight excluding hydrogens is 330 g/mol. The third-order valence-electron chi connectivity index (χ3n) is 4.20. The Bertz CT molecular complexity index is 1100. The van der Waals surface area contributed by atoms with Crippen LogP contribution in [0.4, 0.5) is 0 Å². The van der Waals surface area contributed by atoms with Crippen molar-refractivity contribution in [3.8, 4) is 11.5 Å². The molecule has 0 spiro atoms. The number of carbonyl (C=O) groups excluding carboxylic acids is 1. The third kappa shape index (κ3) is 2.83. The standard InChI is InChI=1S/C19H17N5O2/c1-12-21-15-8-3-4-9-16(15)24(12)11-17-22-23-19(26-17)14-7-5-6-13(10-14)18(25)20-2/h3-10H,11H2,1-2H3,(H,20,25). The SMILES string of the molecule is CNC(=O)c1cccc(-c2nnc(Cn3c(C)nc4ccccc43)o2)c1. The highest BCUT2D eigenvalue weighted by Crippen LogP contribution is 2.21. The van der Waals surface area contributed by atoms with Crippen LogP contribution >= 0.6 is 0 Å². The van der Waals surface area contributed by atoms with Crippen molar-refractivity contribution in [1.29, 1.82) is 0 Å². The number of aromatic nitrogens is 4. The van der Waals surface area contributed by atoms with Crippen molar-refractivity contribution in [3.05, 3.63) is 65.8 Å². The number of hydrogen-bond acceptors (Lipinski definition) is 5. The van der Waals surface area contributed by atoms with Crippen LogP contribution < -0.4 is 5.32 Å². The van der Waals surface area contributed by atoms with Crippen LogP contribution in [-0.2, 0) is 6.54 Å². The lowest BCUT2D eigenvalue weighted by Crippen LogP contribution is -2.17. The van der Waals surface area contributed by atoms with E-state index in [1.807, 2.05) is 41.8 Å². The summed E-state index contributed by atoms with van der Waals surface area (Å²) in [7, 11) is 1.59. The van der Waals surface area contributed by atoms with Gasteiger partial charge in [-0.05, 0) is 37.3 Å². The summed E-state index contributed by atoms with van der Waals surface area (Å²) in [6.45, 7) is 2.39. The minimum absolute atomic E-state index is 0.160. The molecule has 4 rings (SSSR count). The smallest absolute Gasteiger partial charge is 0.251 e. The van der Waals surface area contributed by atoms with Crippen LogP contribution in [0.3, 0.4) is 0 Å². The van der Waals surface area contributed by atoms with Crippen LogP contribution in [0.15, 0.2) is 52.9 Å². The molecule has 0 aliphatic heterocycles. The molecule has 2 heterocycles. The van der Waals surface area contributed by atoms with Gasteiger partial charge in [-0.3, -0.25) is 4.79 Å². The van der Waals surface area contributed by atoms with E-state index in [4.69, 9.17) is 4.42 Å². The molecule has 0 atom stereocenters. The molecule has 0 aliphatic carbocycles. The lowest BCUT2D eigenvalue weighted by atomic mass is 10.1. The van der Waals surface area contributed by atoms with Gasteiger partial charge < -0.3 is 14.3 Å². The van der Waals surface area contributed by atoms with Crippen LogP contribution in [0, 0.1) is 6.92 Å². The van der Waals surface area contributed by atoms with Gasteiger partial charge in [0.05, 0.1) is 11.0 Å². The highest BCUT2D eigenvalue weighted by molar-refractivity contribution is 5.94. The van der Waals surface area contributed by atoms with Crippen LogP contribution in [-0.4, -0.2) is 32.7 Å². The van der Waals surface area contributed by atoms with Crippen LogP contribution in [0.1, 0.15) is 22.1 Å². The van der Waals surface area contributed by atoms with Gasteiger partial charge in [0.15, 0.2) is 0 Å². The molecule has 0 fully saturated rings. The summed E-state index contributed by atoms with van der Waals surface area (Å²) in [5.41, 5.74) is 3.20. The Kier molecular flexibility index (Phi) is 3.96. The van der Waals surface area contributed by atoms with Crippen molar-refractivity contribution in [2.75, 3.05) is 7.05 Å². The first-order chi connectivity index (χ1) is 12.7. The Hall–Kier alpha value is -3.48. The van der Waals surface area contributed by atoms with Crippen molar-refractivity contribution in [2.24, 2.45) is 0 Å². The molecule has 26 heavy (non-hydrogen) atoms. The van der Waals surface area contributed by atoms with Crippen molar-refractivity contribution in [1.82, 2.24) is 25.1 Å². The molecule has 1 N–H and O–H groups in total. The topological polar surface area (TPSA) is 85.8 Å². The molecular formula is C19H17N5O2. The van der Waals surface area contributed by atoms with Gasteiger partial charge in [-0.2, -0.15) is 0 Å². The first-order valence-electron chi connectivity index (χ1n) is 8.22. The number of para-hydroxylation sites is 2. The van der Waals surface area contributed by atoms with E-state index in [0.29, 0.717) is 29.5 Å². The number of benzene rings is 2. The third-order valence-corrected chi connectivity index (χ3v) is 4.20. The predicted octanol–water partition coefficient (Wildman–Crippen LogP) is 2.80. The highest BCUT2D eigenvalue weighted by Gasteiger charge is 2.14. The molecule has 2 aromatic heterocycles. The van der Waals surface area contributed by atoms with E-state index in [1.165, 1.54) is 0 Å². The first-order valence-corrected chi connectivity index (χ1v) is 8.22. The number of nitrogens with zero attached hydrogens (tertiary/aromatic N) is 4. The second kappa shape index (κ2) is 6.44. The molecule has 4 aromatic rings.